The van der Waals surface area contributed by atoms with Crippen molar-refractivity contribution in [2.75, 3.05) is 38.3 Å². The second-order valence-corrected chi connectivity index (χ2v) is 8.21. The molecule has 0 saturated carbocycles. The predicted molar refractivity (Wildman–Crippen MR) is 95.9 cm³/mol. The zero-order chi connectivity index (χ0) is 17.2. The molecule has 0 amide bonds. The Morgan fingerprint density at radius 3 is 2.71 bits per heavy atom. The van der Waals surface area contributed by atoms with Crippen molar-refractivity contribution in [3.05, 3.63) is 30.5 Å². The first kappa shape index (κ1) is 17.0. The van der Waals surface area contributed by atoms with Gasteiger partial charge in [0.15, 0.2) is 0 Å². The van der Waals surface area contributed by atoms with Crippen molar-refractivity contribution in [1.29, 1.82) is 0 Å². The molecule has 0 atom stereocenters. The van der Waals surface area contributed by atoms with Gasteiger partial charge in [-0.3, -0.25) is 4.98 Å². The Hall–Kier alpha value is -1.86. The third-order valence-electron chi connectivity index (χ3n) is 4.57. The highest BCUT2D eigenvalue weighted by Crippen LogP contribution is 2.27. The zero-order valence-electron chi connectivity index (χ0n) is 14.0. The molecular weight excluding hydrogens is 326 g/mol. The molecule has 1 aliphatic heterocycles. The first-order chi connectivity index (χ1) is 11.5. The third kappa shape index (κ3) is 3.79. The molecule has 0 unspecified atom stereocenters. The van der Waals surface area contributed by atoms with E-state index in [-0.39, 0.29) is 0 Å². The van der Waals surface area contributed by atoms with E-state index in [2.05, 4.69) is 10.3 Å². The van der Waals surface area contributed by atoms with Crippen LogP contribution in [0.3, 0.4) is 0 Å². The number of methoxy groups -OCH3 is 1. The standard InChI is InChI=1S/C17H23N3O3S/c1-23-14-3-4-16-15(11-14)17(5-8-18-16)19-12-13-6-9-20(10-7-13)24(2,21)22/h3-5,8,11,13H,6-7,9-10,12H2,1-2H3,(H,18,19). The minimum absolute atomic E-state index is 0.469. The lowest BCUT2D eigenvalue weighted by Crippen LogP contribution is -2.39. The summed E-state index contributed by atoms with van der Waals surface area (Å²) < 4.78 is 30.0. The Balaban J connectivity index is 1.66. The molecule has 7 heteroatoms. The van der Waals surface area contributed by atoms with Gasteiger partial charge in [0.1, 0.15) is 5.75 Å². The van der Waals surface area contributed by atoms with Gasteiger partial charge in [-0.05, 0) is 43.0 Å². The maximum Gasteiger partial charge on any atom is 0.211 e. The Bertz CT molecular complexity index is 815. The van der Waals surface area contributed by atoms with Crippen LogP contribution in [0.2, 0.25) is 0 Å². The molecule has 1 fully saturated rings. The fraction of sp³-hybridized carbons (Fsp3) is 0.471. The van der Waals surface area contributed by atoms with Crippen LogP contribution in [0.4, 0.5) is 5.69 Å². The van der Waals surface area contributed by atoms with Gasteiger partial charge in [0.05, 0.1) is 18.9 Å². The molecule has 1 saturated heterocycles. The number of sulfonamides is 1. The van der Waals surface area contributed by atoms with E-state index in [1.165, 1.54) is 6.26 Å². The van der Waals surface area contributed by atoms with Crippen LogP contribution < -0.4 is 10.1 Å². The summed E-state index contributed by atoms with van der Waals surface area (Å²) in [4.78, 5) is 4.38. The molecule has 1 aromatic carbocycles. The lowest BCUT2D eigenvalue weighted by molar-refractivity contribution is 0.283. The summed E-state index contributed by atoms with van der Waals surface area (Å²) in [6.07, 6.45) is 4.84. The van der Waals surface area contributed by atoms with E-state index < -0.39 is 10.0 Å². The molecular formula is C17H23N3O3S. The number of benzene rings is 1. The lowest BCUT2D eigenvalue weighted by Gasteiger charge is -2.30. The van der Waals surface area contributed by atoms with Crippen LogP contribution in [-0.4, -0.2) is 50.7 Å². The zero-order valence-corrected chi connectivity index (χ0v) is 14.8. The molecule has 1 N–H and O–H groups in total. The van der Waals surface area contributed by atoms with Gasteiger partial charge in [0.2, 0.25) is 10.0 Å². The van der Waals surface area contributed by atoms with E-state index in [0.29, 0.717) is 19.0 Å². The van der Waals surface area contributed by atoms with E-state index in [1.54, 1.807) is 17.6 Å². The van der Waals surface area contributed by atoms with Crippen molar-refractivity contribution in [2.45, 2.75) is 12.8 Å². The molecule has 0 bridgehead atoms. The summed E-state index contributed by atoms with van der Waals surface area (Å²) in [5.74, 6) is 1.27. The summed E-state index contributed by atoms with van der Waals surface area (Å²) in [5, 5.41) is 4.53. The maximum absolute atomic E-state index is 11.6. The molecule has 1 aliphatic rings. The highest BCUT2D eigenvalue weighted by molar-refractivity contribution is 7.88. The van der Waals surface area contributed by atoms with Crippen molar-refractivity contribution >= 4 is 26.6 Å². The number of ether oxygens (including phenoxy) is 1. The molecule has 6 nitrogen and oxygen atoms in total. The van der Waals surface area contributed by atoms with Crippen molar-refractivity contribution in [1.82, 2.24) is 9.29 Å². The number of fused-ring (bicyclic) bond motifs is 1. The molecule has 24 heavy (non-hydrogen) atoms. The van der Waals surface area contributed by atoms with Crippen molar-refractivity contribution in [3.8, 4) is 5.75 Å². The van der Waals surface area contributed by atoms with E-state index >= 15 is 0 Å². The van der Waals surface area contributed by atoms with Crippen LogP contribution in [0.1, 0.15) is 12.8 Å². The van der Waals surface area contributed by atoms with E-state index in [4.69, 9.17) is 4.74 Å². The van der Waals surface area contributed by atoms with Crippen LogP contribution in [0, 0.1) is 5.92 Å². The van der Waals surface area contributed by atoms with Crippen LogP contribution in [0.5, 0.6) is 5.75 Å². The van der Waals surface area contributed by atoms with E-state index in [9.17, 15) is 8.42 Å². The van der Waals surface area contributed by atoms with Gasteiger partial charge in [-0.1, -0.05) is 0 Å². The quantitative estimate of drug-likeness (QED) is 0.897. The number of aromatic nitrogens is 1. The summed E-state index contributed by atoms with van der Waals surface area (Å²) in [5.41, 5.74) is 1.96. The maximum atomic E-state index is 11.6. The number of hydrogen-bond donors (Lipinski definition) is 1. The van der Waals surface area contributed by atoms with Crippen molar-refractivity contribution in [2.24, 2.45) is 5.92 Å². The molecule has 2 heterocycles. The fourth-order valence-electron chi connectivity index (χ4n) is 3.11. The Kier molecular flexibility index (Phi) is 4.91. The summed E-state index contributed by atoms with van der Waals surface area (Å²) in [6, 6.07) is 7.80. The highest BCUT2D eigenvalue weighted by Gasteiger charge is 2.24. The molecule has 3 rings (SSSR count). The number of piperidine rings is 1. The minimum atomic E-state index is -3.06. The number of rotatable bonds is 5. The van der Waals surface area contributed by atoms with Crippen LogP contribution in [0.25, 0.3) is 10.9 Å². The van der Waals surface area contributed by atoms with Gasteiger partial charge in [-0.2, -0.15) is 0 Å². The average Bonchev–Trinajstić information content (AvgIpc) is 2.59. The predicted octanol–water partition coefficient (Wildman–Crippen LogP) is 2.33. The normalized spacial score (nSPS) is 17.1. The smallest absolute Gasteiger partial charge is 0.211 e. The highest BCUT2D eigenvalue weighted by atomic mass is 32.2. The minimum Gasteiger partial charge on any atom is -0.497 e. The largest absolute Gasteiger partial charge is 0.497 e. The van der Waals surface area contributed by atoms with Crippen LogP contribution >= 0.6 is 0 Å². The Labute approximate surface area is 142 Å². The van der Waals surface area contributed by atoms with Crippen LogP contribution in [0.15, 0.2) is 30.5 Å². The second kappa shape index (κ2) is 6.94. The number of anilines is 1. The number of pyridine rings is 1. The molecule has 1 aromatic heterocycles. The molecule has 130 valence electrons. The second-order valence-electron chi connectivity index (χ2n) is 6.23. The SMILES string of the molecule is COc1ccc2nccc(NCC3CCN(S(C)(=O)=O)CC3)c2c1. The molecule has 0 radical (unpaired) electrons. The number of nitrogens with zero attached hydrogens (tertiary/aromatic N) is 2. The summed E-state index contributed by atoms with van der Waals surface area (Å²) in [7, 11) is -1.41. The van der Waals surface area contributed by atoms with Crippen molar-refractivity contribution in [3.63, 3.8) is 0 Å². The summed E-state index contributed by atoms with van der Waals surface area (Å²) in [6.45, 7) is 2.04. The first-order valence-corrected chi connectivity index (χ1v) is 9.94. The Morgan fingerprint density at radius 1 is 1.29 bits per heavy atom. The number of nitrogens with one attached hydrogen (secondary N) is 1. The summed E-state index contributed by atoms with van der Waals surface area (Å²) >= 11 is 0. The molecule has 2 aromatic rings. The topological polar surface area (TPSA) is 71.5 Å². The van der Waals surface area contributed by atoms with Crippen LogP contribution in [-0.2, 0) is 10.0 Å². The molecule has 0 spiro atoms. The first-order valence-electron chi connectivity index (χ1n) is 8.09. The van der Waals surface area contributed by atoms with Gasteiger partial charge in [0, 0.05) is 36.9 Å². The number of hydrogen-bond acceptors (Lipinski definition) is 5. The average molecular weight is 349 g/mol. The van der Waals surface area contributed by atoms with E-state index in [1.807, 2.05) is 24.3 Å². The van der Waals surface area contributed by atoms with Gasteiger partial charge < -0.3 is 10.1 Å². The fourth-order valence-corrected chi connectivity index (χ4v) is 3.98. The van der Waals surface area contributed by atoms with Gasteiger partial charge in [-0.15, -0.1) is 0 Å². The van der Waals surface area contributed by atoms with Gasteiger partial charge in [-0.25, -0.2) is 12.7 Å². The van der Waals surface area contributed by atoms with Gasteiger partial charge >= 0.3 is 0 Å². The van der Waals surface area contributed by atoms with Gasteiger partial charge in [0.25, 0.3) is 0 Å². The third-order valence-corrected chi connectivity index (χ3v) is 5.88. The monoisotopic (exact) mass is 349 g/mol. The Morgan fingerprint density at radius 2 is 2.04 bits per heavy atom. The van der Waals surface area contributed by atoms with E-state index in [0.717, 1.165) is 41.7 Å². The van der Waals surface area contributed by atoms with Crippen molar-refractivity contribution < 1.29 is 13.2 Å². The molecule has 0 aliphatic carbocycles. The lowest BCUT2D eigenvalue weighted by atomic mass is 9.98.